The molecule has 4 amide bonds. The van der Waals surface area contributed by atoms with E-state index in [-0.39, 0.29) is 33.9 Å². The number of halogens is 6. The molecule has 5 aromatic carbocycles. The predicted octanol–water partition coefficient (Wildman–Crippen LogP) is 5.59. The minimum absolute atomic E-state index is 0.0708. The zero-order valence-corrected chi connectivity index (χ0v) is 36.8. The minimum atomic E-state index is -4.85. The molecule has 67 heavy (non-hydrogen) atoms. The lowest BCUT2D eigenvalue weighted by molar-refractivity contribution is -0.126. The maximum atomic E-state index is 14.3. The zero-order chi connectivity index (χ0) is 48.4. The summed E-state index contributed by atoms with van der Waals surface area (Å²) in [5, 5.41) is 4.88. The fourth-order valence-corrected chi connectivity index (χ4v) is 9.06. The predicted molar refractivity (Wildman–Crippen MR) is 237 cm³/mol. The van der Waals surface area contributed by atoms with E-state index in [1.54, 1.807) is 0 Å². The summed E-state index contributed by atoms with van der Waals surface area (Å²) >= 11 is 0. The first-order valence-corrected chi connectivity index (χ1v) is 21.9. The van der Waals surface area contributed by atoms with Crippen LogP contribution in [0.15, 0.2) is 109 Å². The maximum absolute atomic E-state index is 14.3. The van der Waals surface area contributed by atoms with Crippen molar-refractivity contribution in [2.45, 2.75) is 24.9 Å². The molecule has 354 valence electrons. The van der Waals surface area contributed by atoms with Gasteiger partial charge in [0.2, 0.25) is 23.6 Å². The number of nitrogens with zero attached hydrogens (tertiary/aromatic N) is 4. The molecule has 6 rings (SSSR count). The van der Waals surface area contributed by atoms with Gasteiger partial charge in [0.05, 0.1) is 38.7 Å². The van der Waals surface area contributed by atoms with E-state index in [9.17, 15) is 53.9 Å². The van der Waals surface area contributed by atoms with Crippen molar-refractivity contribution in [3.8, 4) is 11.5 Å². The molecule has 0 spiro atoms. The number of rotatable bonds is 20. The average molecular weight is 955 g/mol. The maximum Gasteiger partial charge on any atom is 0.327 e. The number of anilines is 4. The zero-order valence-electron chi connectivity index (χ0n) is 35.9. The van der Waals surface area contributed by atoms with Crippen LogP contribution in [0.4, 0.5) is 49.1 Å². The van der Waals surface area contributed by atoms with E-state index >= 15 is 0 Å². The van der Waals surface area contributed by atoms with Crippen LogP contribution in [-0.4, -0.2) is 97.9 Å². The van der Waals surface area contributed by atoms with E-state index in [1.165, 1.54) is 87.0 Å². The number of hydrogen-bond acceptors (Lipinski definition) is 8. The molecule has 2 N–H and O–H groups in total. The van der Waals surface area contributed by atoms with Gasteiger partial charge in [0.25, 0.3) is 0 Å². The molecule has 0 saturated carbocycles. The van der Waals surface area contributed by atoms with Crippen LogP contribution in [0.5, 0.6) is 11.5 Å². The minimum Gasteiger partial charge on any atom is -0.497 e. The van der Waals surface area contributed by atoms with Gasteiger partial charge >= 0.3 is 10.2 Å². The van der Waals surface area contributed by atoms with E-state index in [1.807, 2.05) is 0 Å². The van der Waals surface area contributed by atoms with Crippen LogP contribution < -0.4 is 38.5 Å². The van der Waals surface area contributed by atoms with Crippen molar-refractivity contribution in [1.82, 2.24) is 10.6 Å². The molecule has 14 nitrogen and oxygen atoms in total. The van der Waals surface area contributed by atoms with E-state index in [0.29, 0.717) is 32.2 Å². The molecular weight excluding hydrogens is 911 g/mol. The van der Waals surface area contributed by atoms with Crippen molar-refractivity contribution >= 4 is 56.6 Å². The van der Waals surface area contributed by atoms with Crippen LogP contribution in [0.25, 0.3) is 0 Å². The lowest BCUT2D eigenvalue weighted by Crippen LogP contribution is -2.54. The summed E-state index contributed by atoms with van der Waals surface area (Å²) in [5.41, 5.74) is 0.0441. The molecule has 1 aliphatic heterocycles. The molecule has 1 unspecified atom stereocenters. The smallest absolute Gasteiger partial charge is 0.327 e. The van der Waals surface area contributed by atoms with Crippen molar-refractivity contribution < 1.29 is 63.4 Å². The Bertz CT molecular complexity index is 2480. The van der Waals surface area contributed by atoms with Gasteiger partial charge in [0.1, 0.15) is 73.3 Å². The number of para-hydroxylation sites is 2. The summed E-state index contributed by atoms with van der Waals surface area (Å²) in [6.07, 6.45) is -1.03. The number of ether oxygens (including phenoxy) is 2. The van der Waals surface area contributed by atoms with Crippen LogP contribution in [0.3, 0.4) is 0 Å². The fourth-order valence-electron chi connectivity index (χ4n) is 7.46. The number of carbonyl (C=O) groups excluding carboxylic acids is 4. The molecule has 0 aromatic heterocycles. The van der Waals surface area contributed by atoms with Crippen molar-refractivity contribution in [1.29, 1.82) is 0 Å². The first kappa shape index (κ1) is 49.2. The third-order valence-electron chi connectivity index (χ3n) is 10.5. The van der Waals surface area contributed by atoms with E-state index in [0.717, 1.165) is 34.1 Å². The second-order valence-corrected chi connectivity index (χ2v) is 16.7. The second-order valence-electron chi connectivity index (χ2n) is 15.0. The van der Waals surface area contributed by atoms with Gasteiger partial charge in [-0.2, -0.15) is 8.42 Å². The van der Waals surface area contributed by atoms with Crippen LogP contribution in [0.1, 0.15) is 11.1 Å². The van der Waals surface area contributed by atoms with Crippen molar-refractivity contribution in [3.63, 3.8) is 0 Å². The molecule has 21 heteroatoms. The van der Waals surface area contributed by atoms with Gasteiger partial charge in [0.15, 0.2) is 0 Å². The molecule has 5 aromatic rings. The van der Waals surface area contributed by atoms with Crippen LogP contribution in [-0.2, 0) is 42.2 Å². The highest BCUT2D eigenvalue weighted by molar-refractivity contribution is 7.94. The molecule has 1 aliphatic rings. The van der Waals surface area contributed by atoms with Crippen molar-refractivity contribution in [2.24, 2.45) is 0 Å². The summed E-state index contributed by atoms with van der Waals surface area (Å²) in [6.45, 7) is -5.07. The third kappa shape index (κ3) is 11.9. The fraction of sp³-hybridized carbons (Fsp3) is 0.261. The first-order valence-electron chi connectivity index (χ1n) is 20.5. The molecule has 0 bridgehead atoms. The molecule has 0 fully saturated rings. The SMILES string of the molecule is COc1ccc(N(CCF)C(=O)C(Cc2cc(F)cc(F)c2)NC(=O)CN2c3ccccc3N(CC(=O)N[C@@H](Cc3cc(F)cc(F)c3)C(=O)N(CCF)c3ccc(OC)cc3)S2(=O)=O)cc1. The van der Waals surface area contributed by atoms with Crippen molar-refractivity contribution in [2.75, 3.05) is 72.2 Å². The Kier molecular flexibility index (Phi) is 16.0. The van der Waals surface area contributed by atoms with Crippen LogP contribution in [0.2, 0.25) is 0 Å². The Balaban J connectivity index is 1.26. The quantitative estimate of drug-likeness (QED) is 0.0957. The molecular formula is C46H44F6N6O8S. The van der Waals surface area contributed by atoms with Gasteiger partial charge in [-0.3, -0.25) is 19.2 Å². The Morgan fingerprint density at radius 1 is 0.567 bits per heavy atom. The standard InChI is InChI=1S/C46H44F6N6O8S/c1-65-37-11-7-35(8-12-37)55(17-15-47)45(61)39(23-29-19-31(49)25-32(50)20-29)53-43(59)27-57-41-5-3-4-6-42(41)58(67(57,63)64)28-44(60)54-40(24-30-21-33(51)26-34(52)22-30)46(62)56(18-16-48)36-9-13-38(66-2)14-10-36/h3-14,19-22,25-26,39-40H,15-18,23-24,27-28H2,1-2H3,(H,53,59)(H,54,60)/t39-,40?/m0/s1. The Labute approximate surface area is 381 Å². The topological polar surface area (TPSA) is 158 Å². The molecule has 1 heterocycles. The Hall–Kier alpha value is -7.29. The lowest BCUT2D eigenvalue weighted by atomic mass is 10.0. The molecule has 0 saturated heterocycles. The van der Waals surface area contributed by atoms with Crippen LogP contribution in [0, 0.1) is 23.3 Å². The van der Waals surface area contributed by atoms with Gasteiger partial charge in [-0.05, 0) is 96.1 Å². The summed E-state index contributed by atoms with van der Waals surface area (Å²) < 4.78 is 125. The van der Waals surface area contributed by atoms with Gasteiger partial charge in [-0.1, -0.05) is 12.1 Å². The van der Waals surface area contributed by atoms with E-state index < -0.39 is 122 Å². The number of methoxy groups -OCH3 is 2. The number of fused-ring (bicyclic) bond motifs is 1. The first-order chi connectivity index (χ1) is 32.0. The van der Waals surface area contributed by atoms with Gasteiger partial charge < -0.3 is 29.9 Å². The van der Waals surface area contributed by atoms with Gasteiger partial charge in [-0.25, -0.2) is 35.0 Å². The number of carbonyl (C=O) groups is 4. The number of nitrogens with one attached hydrogen (secondary N) is 2. The summed E-state index contributed by atoms with van der Waals surface area (Å²) in [6, 6.07) is 19.0. The molecule has 2 atom stereocenters. The number of hydrogen-bond donors (Lipinski definition) is 2. The largest absolute Gasteiger partial charge is 0.497 e. The Morgan fingerprint density at radius 3 is 1.22 bits per heavy atom. The average Bonchev–Trinajstić information content (AvgIpc) is 3.49. The van der Waals surface area contributed by atoms with Gasteiger partial charge in [0, 0.05) is 36.3 Å². The normalized spacial score (nSPS) is 13.6. The highest BCUT2D eigenvalue weighted by Crippen LogP contribution is 2.40. The van der Waals surface area contributed by atoms with Crippen molar-refractivity contribution in [3.05, 3.63) is 144 Å². The highest BCUT2D eigenvalue weighted by Gasteiger charge is 2.43. The summed E-state index contributed by atoms with van der Waals surface area (Å²) in [7, 11) is -2.03. The molecule has 0 aliphatic carbocycles. The third-order valence-corrected chi connectivity index (χ3v) is 12.2. The summed E-state index contributed by atoms with van der Waals surface area (Å²) in [5.74, 6) is -7.12. The second kappa shape index (κ2) is 21.8. The number of benzene rings is 5. The van der Waals surface area contributed by atoms with E-state index in [2.05, 4.69) is 10.6 Å². The summed E-state index contributed by atoms with van der Waals surface area (Å²) in [4.78, 5) is 58.2. The highest BCUT2D eigenvalue weighted by atomic mass is 32.2. The van der Waals surface area contributed by atoms with Gasteiger partial charge in [-0.15, -0.1) is 0 Å². The van der Waals surface area contributed by atoms with Crippen LogP contribution >= 0.6 is 0 Å². The molecule has 0 radical (unpaired) electrons. The Morgan fingerprint density at radius 2 is 0.910 bits per heavy atom. The monoisotopic (exact) mass is 954 g/mol. The lowest BCUT2D eigenvalue weighted by Gasteiger charge is -2.29. The number of amides is 4. The van der Waals surface area contributed by atoms with E-state index in [4.69, 9.17) is 9.47 Å². The number of alkyl halides is 2.